The van der Waals surface area contributed by atoms with Gasteiger partial charge in [-0.25, -0.2) is 0 Å². The van der Waals surface area contributed by atoms with Crippen molar-refractivity contribution in [1.29, 1.82) is 0 Å². The van der Waals surface area contributed by atoms with E-state index < -0.39 is 0 Å². The largest absolute Gasteiger partial charge is 0.351 e. The second-order valence-electron chi connectivity index (χ2n) is 4.82. The number of amides is 2. The molecular formula is C17H17ClN2O2S. The van der Waals surface area contributed by atoms with Crippen molar-refractivity contribution in [3.63, 3.8) is 0 Å². The maximum atomic E-state index is 12.0. The molecule has 0 atom stereocenters. The molecule has 2 amide bonds. The Morgan fingerprint density at radius 3 is 2.30 bits per heavy atom. The molecule has 0 spiro atoms. The number of hydrogen-bond donors (Lipinski definition) is 2. The lowest BCUT2D eigenvalue weighted by atomic mass is 10.2. The van der Waals surface area contributed by atoms with Crippen LogP contribution in [0.3, 0.4) is 0 Å². The predicted octanol–water partition coefficient (Wildman–Crippen LogP) is 3.82. The van der Waals surface area contributed by atoms with Crippen molar-refractivity contribution in [2.75, 3.05) is 17.6 Å². The van der Waals surface area contributed by atoms with E-state index in [1.165, 1.54) is 6.92 Å². The first-order valence-electron chi connectivity index (χ1n) is 7.09. The Labute approximate surface area is 144 Å². The first kappa shape index (κ1) is 17.4. The number of rotatable bonds is 6. The van der Waals surface area contributed by atoms with E-state index in [0.29, 0.717) is 22.8 Å². The van der Waals surface area contributed by atoms with Crippen molar-refractivity contribution in [3.05, 3.63) is 59.1 Å². The molecule has 2 aromatic rings. The minimum atomic E-state index is -0.138. The molecule has 0 heterocycles. The van der Waals surface area contributed by atoms with Gasteiger partial charge in [0, 0.05) is 40.4 Å². The Balaban J connectivity index is 1.76. The Kier molecular flexibility index (Phi) is 6.50. The van der Waals surface area contributed by atoms with E-state index in [4.69, 9.17) is 11.6 Å². The summed E-state index contributed by atoms with van der Waals surface area (Å²) in [6.45, 7) is 2.01. The molecule has 0 aliphatic carbocycles. The van der Waals surface area contributed by atoms with Crippen molar-refractivity contribution in [2.45, 2.75) is 11.8 Å². The fourth-order valence-electron chi connectivity index (χ4n) is 1.87. The van der Waals surface area contributed by atoms with Crippen LogP contribution in [0.1, 0.15) is 17.3 Å². The van der Waals surface area contributed by atoms with Crippen LogP contribution >= 0.6 is 23.4 Å². The minimum absolute atomic E-state index is 0.129. The number of carbonyl (C=O) groups excluding carboxylic acids is 2. The molecular weight excluding hydrogens is 332 g/mol. The van der Waals surface area contributed by atoms with Gasteiger partial charge < -0.3 is 10.6 Å². The fourth-order valence-corrected chi connectivity index (χ4v) is 2.77. The van der Waals surface area contributed by atoms with Gasteiger partial charge in [-0.2, -0.15) is 0 Å². The van der Waals surface area contributed by atoms with Crippen molar-refractivity contribution in [3.8, 4) is 0 Å². The average molecular weight is 349 g/mol. The van der Waals surface area contributed by atoms with E-state index in [9.17, 15) is 9.59 Å². The maximum absolute atomic E-state index is 12.0. The van der Waals surface area contributed by atoms with Crippen molar-refractivity contribution in [2.24, 2.45) is 0 Å². The highest BCUT2D eigenvalue weighted by molar-refractivity contribution is 7.99. The molecule has 2 rings (SSSR count). The standard InChI is InChI=1S/C17H17ClN2O2S/c1-12(21)20-15-6-2-13(3-7-15)17(22)19-10-11-23-16-8-4-14(18)5-9-16/h2-9H,10-11H2,1H3,(H,19,22)(H,20,21). The molecule has 0 aromatic heterocycles. The first-order valence-corrected chi connectivity index (χ1v) is 8.45. The highest BCUT2D eigenvalue weighted by Gasteiger charge is 2.05. The highest BCUT2D eigenvalue weighted by atomic mass is 35.5. The zero-order chi connectivity index (χ0) is 16.7. The normalized spacial score (nSPS) is 10.2. The van der Waals surface area contributed by atoms with Gasteiger partial charge in [-0.05, 0) is 48.5 Å². The first-order chi connectivity index (χ1) is 11.0. The number of hydrogen-bond acceptors (Lipinski definition) is 3. The lowest BCUT2D eigenvalue weighted by Gasteiger charge is -2.07. The van der Waals surface area contributed by atoms with E-state index >= 15 is 0 Å². The third kappa shape index (κ3) is 5.96. The van der Waals surface area contributed by atoms with E-state index in [1.54, 1.807) is 36.0 Å². The average Bonchev–Trinajstić information content (AvgIpc) is 2.53. The smallest absolute Gasteiger partial charge is 0.251 e. The Bertz CT molecular complexity index is 672. The van der Waals surface area contributed by atoms with Gasteiger partial charge in [-0.15, -0.1) is 11.8 Å². The summed E-state index contributed by atoms with van der Waals surface area (Å²) in [7, 11) is 0. The molecule has 0 bridgehead atoms. The molecule has 0 saturated heterocycles. The summed E-state index contributed by atoms with van der Waals surface area (Å²) < 4.78 is 0. The number of anilines is 1. The summed E-state index contributed by atoms with van der Waals surface area (Å²) in [6.07, 6.45) is 0. The number of thioether (sulfide) groups is 1. The monoisotopic (exact) mass is 348 g/mol. The molecule has 0 saturated carbocycles. The van der Waals surface area contributed by atoms with Crippen LogP contribution in [0.15, 0.2) is 53.4 Å². The second kappa shape index (κ2) is 8.60. The molecule has 6 heteroatoms. The van der Waals surface area contributed by atoms with Crippen LogP contribution in [0.2, 0.25) is 5.02 Å². The van der Waals surface area contributed by atoms with Crippen molar-refractivity contribution in [1.82, 2.24) is 5.32 Å². The number of benzene rings is 2. The number of halogens is 1. The lowest BCUT2D eigenvalue weighted by molar-refractivity contribution is -0.114. The quantitative estimate of drug-likeness (QED) is 0.616. The topological polar surface area (TPSA) is 58.2 Å². The van der Waals surface area contributed by atoms with Crippen molar-refractivity contribution >= 4 is 40.9 Å². The molecule has 2 N–H and O–H groups in total. The molecule has 0 aliphatic heterocycles. The van der Waals surface area contributed by atoms with Crippen LogP contribution in [0.5, 0.6) is 0 Å². The van der Waals surface area contributed by atoms with Gasteiger partial charge >= 0.3 is 0 Å². The SMILES string of the molecule is CC(=O)Nc1ccc(C(=O)NCCSc2ccc(Cl)cc2)cc1. The van der Waals surface area contributed by atoms with Crippen LogP contribution in [0, 0.1) is 0 Å². The molecule has 0 aliphatic rings. The summed E-state index contributed by atoms with van der Waals surface area (Å²) in [5.41, 5.74) is 1.24. The van der Waals surface area contributed by atoms with Gasteiger partial charge in [-0.1, -0.05) is 11.6 Å². The Morgan fingerprint density at radius 1 is 1.04 bits per heavy atom. The zero-order valence-electron chi connectivity index (χ0n) is 12.6. The zero-order valence-corrected chi connectivity index (χ0v) is 14.2. The molecule has 0 fully saturated rings. The lowest BCUT2D eigenvalue weighted by Crippen LogP contribution is -2.25. The van der Waals surface area contributed by atoms with E-state index in [1.807, 2.05) is 24.3 Å². The fraction of sp³-hybridized carbons (Fsp3) is 0.176. The van der Waals surface area contributed by atoms with Crippen molar-refractivity contribution < 1.29 is 9.59 Å². The van der Waals surface area contributed by atoms with E-state index in [-0.39, 0.29) is 11.8 Å². The van der Waals surface area contributed by atoms with Gasteiger partial charge in [0.15, 0.2) is 0 Å². The van der Waals surface area contributed by atoms with Crippen LogP contribution in [-0.4, -0.2) is 24.1 Å². The van der Waals surface area contributed by atoms with Gasteiger partial charge in [0.2, 0.25) is 5.91 Å². The minimum Gasteiger partial charge on any atom is -0.351 e. The molecule has 0 radical (unpaired) electrons. The van der Waals surface area contributed by atoms with Gasteiger partial charge in [0.25, 0.3) is 5.91 Å². The van der Waals surface area contributed by atoms with Crippen LogP contribution in [0.25, 0.3) is 0 Å². The van der Waals surface area contributed by atoms with Crippen LogP contribution in [0.4, 0.5) is 5.69 Å². The Morgan fingerprint density at radius 2 is 1.70 bits per heavy atom. The second-order valence-corrected chi connectivity index (χ2v) is 6.42. The molecule has 120 valence electrons. The summed E-state index contributed by atoms with van der Waals surface area (Å²) in [4.78, 5) is 24.1. The van der Waals surface area contributed by atoms with Gasteiger partial charge in [-0.3, -0.25) is 9.59 Å². The Hall–Kier alpha value is -1.98. The van der Waals surface area contributed by atoms with E-state index in [2.05, 4.69) is 10.6 Å². The third-order valence-corrected chi connectivity index (χ3v) is 4.20. The van der Waals surface area contributed by atoms with Gasteiger partial charge in [0.1, 0.15) is 0 Å². The highest BCUT2D eigenvalue weighted by Crippen LogP contribution is 2.19. The summed E-state index contributed by atoms with van der Waals surface area (Å²) >= 11 is 7.49. The molecule has 4 nitrogen and oxygen atoms in total. The molecule has 23 heavy (non-hydrogen) atoms. The predicted molar refractivity (Wildman–Crippen MR) is 95.3 cm³/mol. The van der Waals surface area contributed by atoms with Gasteiger partial charge in [0.05, 0.1) is 0 Å². The summed E-state index contributed by atoms with van der Waals surface area (Å²) in [5.74, 6) is 0.509. The number of carbonyl (C=O) groups is 2. The van der Waals surface area contributed by atoms with Crippen LogP contribution < -0.4 is 10.6 Å². The van der Waals surface area contributed by atoms with Crippen LogP contribution in [-0.2, 0) is 4.79 Å². The maximum Gasteiger partial charge on any atom is 0.251 e. The summed E-state index contributed by atoms with van der Waals surface area (Å²) in [5, 5.41) is 6.24. The summed E-state index contributed by atoms with van der Waals surface area (Å²) in [6, 6.07) is 14.4. The van der Waals surface area contributed by atoms with E-state index in [0.717, 1.165) is 10.6 Å². The third-order valence-electron chi connectivity index (χ3n) is 2.94. The molecule has 0 unspecified atom stereocenters. The number of nitrogens with one attached hydrogen (secondary N) is 2. The molecule has 2 aromatic carbocycles.